The third kappa shape index (κ3) is 8.97. The third-order valence-corrected chi connectivity index (χ3v) is 4.93. The molecule has 0 saturated carbocycles. The summed E-state index contributed by atoms with van der Waals surface area (Å²) in [5, 5.41) is 11.1. The van der Waals surface area contributed by atoms with Crippen LogP contribution in [-0.2, 0) is 25.8 Å². The van der Waals surface area contributed by atoms with Crippen LogP contribution in [0.4, 0.5) is 0 Å². The van der Waals surface area contributed by atoms with Crippen molar-refractivity contribution >= 4 is 21.7 Å². The second-order valence-corrected chi connectivity index (χ2v) is 7.77. The molecule has 0 aliphatic carbocycles. The average Bonchev–Trinajstić information content (AvgIpc) is 2.45. The fourth-order valence-corrected chi connectivity index (χ4v) is 3.35. The summed E-state index contributed by atoms with van der Waals surface area (Å²) in [7, 11) is -3.46. The Morgan fingerprint density at radius 1 is 1.22 bits per heavy atom. The lowest BCUT2D eigenvalue weighted by Gasteiger charge is -2.12. The van der Waals surface area contributed by atoms with E-state index in [-0.39, 0.29) is 24.6 Å². The molecule has 6 nitrogen and oxygen atoms in total. The van der Waals surface area contributed by atoms with E-state index in [1.54, 1.807) is 6.92 Å². The fourth-order valence-electron chi connectivity index (χ4n) is 2.14. The van der Waals surface area contributed by atoms with Crippen molar-refractivity contribution < 1.29 is 23.1 Å². The molecule has 128 valence electrons. The molecule has 23 heavy (non-hydrogen) atoms. The molecule has 0 aliphatic rings. The topological polar surface area (TPSA) is 101 Å². The van der Waals surface area contributed by atoms with Crippen molar-refractivity contribution in [2.75, 3.05) is 11.5 Å². The van der Waals surface area contributed by atoms with E-state index in [0.29, 0.717) is 12.8 Å². The van der Waals surface area contributed by atoms with Crippen LogP contribution in [0.5, 0.6) is 0 Å². The molecule has 2 N–H and O–H groups in total. The second kappa shape index (κ2) is 9.29. The van der Waals surface area contributed by atoms with Crippen LogP contribution in [0.3, 0.4) is 0 Å². The average molecular weight is 341 g/mol. The largest absolute Gasteiger partial charge is 0.481 e. The van der Waals surface area contributed by atoms with E-state index in [2.05, 4.69) is 5.32 Å². The summed E-state index contributed by atoms with van der Waals surface area (Å²) in [6.45, 7) is 1.66. The number of amides is 1. The van der Waals surface area contributed by atoms with E-state index < -0.39 is 27.5 Å². The van der Waals surface area contributed by atoms with Crippen molar-refractivity contribution in [2.45, 2.75) is 38.6 Å². The van der Waals surface area contributed by atoms with Crippen molar-refractivity contribution in [3.63, 3.8) is 0 Å². The van der Waals surface area contributed by atoms with Gasteiger partial charge in [-0.2, -0.15) is 0 Å². The molecule has 1 aromatic rings. The number of benzene rings is 1. The van der Waals surface area contributed by atoms with Gasteiger partial charge in [-0.1, -0.05) is 30.3 Å². The summed E-state index contributed by atoms with van der Waals surface area (Å²) in [6.07, 6.45) is 1.32. The summed E-state index contributed by atoms with van der Waals surface area (Å²) in [5.74, 6) is -2.12. The summed E-state index contributed by atoms with van der Waals surface area (Å²) < 4.78 is 23.8. The molecular weight excluding hydrogens is 318 g/mol. The molecule has 0 aromatic heterocycles. The molecule has 1 rings (SSSR count). The molecule has 0 aliphatic heterocycles. The summed E-state index contributed by atoms with van der Waals surface area (Å²) in [4.78, 5) is 22.2. The minimum Gasteiger partial charge on any atom is -0.481 e. The van der Waals surface area contributed by atoms with E-state index >= 15 is 0 Å². The Morgan fingerprint density at radius 3 is 2.48 bits per heavy atom. The Kier molecular flexibility index (Phi) is 7.74. The first kappa shape index (κ1) is 19.2. The monoisotopic (exact) mass is 341 g/mol. The number of rotatable bonds is 10. The lowest BCUT2D eigenvalue weighted by molar-refractivity contribution is -0.137. The van der Waals surface area contributed by atoms with Gasteiger partial charge in [-0.3, -0.25) is 9.59 Å². The van der Waals surface area contributed by atoms with Crippen molar-refractivity contribution in [3.8, 4) is 0 Å². The first-order chi connectivity index (χ1) is 10.8. The van der Waals surface area contributed by atoms with Gasteiger partial charge in [0, 0.05) is 12.5 Å². The first-order valence-electron chi connectivity index (χ1n) is 7.54. The van der Waals surface area contributed by atoms with E-state index in [1.807, 2.05) is 30.3 Å². The lowest BCUT2D eigenvalue weighted by Crippen LogP contribution is -2.37. The van der Waals surface area contributed by atoms with Crippen LogP contribution in [0.15, 0.2) is 30.3 Å². The maximum Gasteiger partial charge on any atom is 0.303 e. The molecule has 0 radical (unpaired) electrons. The first-order valence-corrected chi connectivity index (χ1v) is 9.36. The summed E-state index contributed by atoms with van der Waals surface area (Å²) in [5.41, 5.74) is 1.06. The van der Waals surface area contributed by atoms with Gasteiger partial charge >= 0.3 is 5.97 Å². The number of sulfone groups is 1. The quantitative estimate of drug-likeness (QED) is 0.670. The number of aliphatic carboxylic acids is 1. The van der Waals surface area contributed by atoms with Crippen molar-refractivity contribution in [3.05, 3.63) is 35.9 Å². The highest BCUT2D eigenvalue weighted by molar-refractivity contribution is 7.92. The zero-order chi connectivity index (χ0) is 17.3. The lowest BCUT2D eigenvalue weighted by atomic mass is 10.1. The number of carboxylic acids is 1. The predicted molar refractivity (Wildman–Crippen MR) is 87.9 cm³/mol. The van der Waals surface area contributed by atoms with Crippen LogP contribution in [0, 0.1) is 0 Å². The number of nitrogens with one attached hydrogen (secondary N) is 1. The van der Waals surface area contributed by atoms with Gasteiger partial charge < -0.3 is 10.4 Å². The third-order valence-electron chi connectivity index (χ3n) is 3.31. The smallest absolute Gasteiger partial charge is 0.303 e. The van der Waals surface area contributed by atoms with E-state index in [1.165, 1.54) is 0 Å². The molecule has 1 aromatic carbocycles. The van der Waals surface area contributed by atoms with Crippen molar-refractivity contribution in [1.82, 2.24) is 5.32 Å². The summed E-state index contributed by atoms with van der Waals surface area (Å²) >= 11 is 0. The van der Waals surface area contributed by atoms with Gasteiger partial charge in [0.25, 0.3) is 0 Å². The Morgan fingerprint density at radius 2 is 1.87 bits per heavy atom. The zero-order valence-electron chi connectivity index (χ0n) is 13.2. The number of carbonyl (C=O) groups is 2. The fraction of sp³-hybridized carbons (Fsp3) is 0.500. The van der Waals surface area contributed by atoms with Gasteiger partial charge in [-0.25, -0.2) is 8.42 Å². The Hall–Kier alpha value is -1.89. The van der Waals surface area contributed by atoms with Crippen LogP contribution in [0.2, 0.25) is 0 Å². The van der Waals surface area contributed by atoms with Gasteiger partial charge in [0.1, 0.15) is 5.75 Å². The highest BCUT2D eigenvalue weighted by Gasteiger charge is 2.18. The number of carboxylic acid groups (broad SMARTS) is 1. The van der Waals surface area contributed by atoms with Gasteiger partial charge in [0.05, 0.1) is 5.75 Å². The molecule has 1 atom stereocenters. The van der Waals surface area contributed by atoms with Gasteiger partial charge in [0.2, 0.25) is 5.91 Å². The highest BCUT2D eigenvalue weighted by atomic mass is 32.2. The number of hydrogen-bond donors (Lipinski definition) is 2. The normalized spacial score (nSPS) is 12.6. The molecule has 0 bridgehead atoms. The maximum absolute atomic E-state index is 11.9. The molecule has 0 saturated heterocycles. The second-order valence-electron chi connectivity index (χ2n) is 5.58. The predicted octanol–water partition coefficient (Wildman–Crippen LogP) is 1.40. The molecule has 0 heterocycles. The van der Waals surface area contributed by atoms with Crippen LogP contribution in [-0.4, -0.2) is 42.9 Å². The van der Waals surface area contributed by atoms with Gasteiger partial charge in [-0.05, 0) is 31.7 Å². The van der Waals surface area contributed by atoms with Crippen LogP contribution < -0.4 is 5.32 Å². The number of aryl methyl sites for hydroxylation is 1. The minimum absolute atomic E-state index is 0.0428. The van der Waals surface area contributed by atoms with Crippen LogP contribution in [0.1, 0.15) is 31.7 Å². The van der Waals surface area contributed by atoms with Crippen LogP contribution in [0.25, 0.3) is 0 Å². The Labute approximate surface area is 136 Å². The molecule has 1 unspecified atom stereocenters. The number of hydrogen-bond acceptors (Lipinski definition) is 4. The van der Waals surface area contributed by atoms with Gasteiger partial charge in [0.15, 0.2) is 9.84 Å². The highest BCUT2D eigenvalue weighted by Crippen LogP contribution is 2.05. The zero-order valence-corrected chi connectivity index (χ0v) is 14.0. The molecule has 0 fully saturated rings. The van der Waals surface area contributed by atoms with Crippen molar-refractivity contribution in [1.29, 1.82) is 0 Å². The molecular formula is C16H23NO5S. The van der Waals surface area contributed by atoms with E-state index in [0.717, 1.165) is 5.56 Å². The molecule has 1 amide bonds. The molecule has 7 heteroatoms. The maximum atomic E-state index is 11.9. The minimum atomic E-state index is -3.46. The van der Waals surface area contributed by atoms with E-state index in [4.69, 9.17) is 5.11 Å². The standard InChI is InChI=1S/C16H23NO5S/c1-13(9-10-16(19)20)17-15(18)12-23(21,22)11-5-8-14-6-3-2-4-7-14/h2-4,6-7,13H,5,8-12H2,1H3,(H,17,18)(H,19,20). The summed E-state index contributed by atoms with van der Waals surface area (Å²) in [6, 6.07) is 9.20. The van der Waals surface area contributed by atoms with Crippen molar-refractivity contribution in [2.24, 2.45) is 0 Å². The SMILES string of the molecule is CC(CCC(=O)O)NC(=O)CS(=O)(=O)CCCc1ccccc1. The van der Waals surface area contributed by atoms with Gasteiger partial charge in [-0.15, -0.1) is 0 Å². The Bertz CT molecular complexity index is 613. The Balaban J connectivity index is 2.33. The number of carbonyl (C=O) groups excluding carboxylic acids is 1. The molecule has 0 spiro atoms. The van der Waals surface area contributed by atoms with Crippen LogP contribution >= 0.6 is 0 Å². The van der Waals surface area contributed by atoms with E-state index in [9.17, 15) is 18.0 Å².